The number of fused-ring (bicyclic) bond motifs is 1. The molecule has 3 N–H and O–H groups in total. The summed E-state index contributed by atoms with van der Waals surface area (Å²) in [6, 6.07) is 10.7. The molecule has 0 saturated carbocycles. The number of hydrogen-bond donors (Lipinski definition) is 2. The van der Waals surface area contributed by atoms with Gasteiger partial charge in [0.1, 0.15) is 0 Å². The Hall–Kier alpha value is -2.90. The number of aromatic amines is 1. The van der Waals surface area contributed by atoms with Gasteiger partial charge in [-0.05, 0) is 36.9 Å². The molecule has 1 aromatic carbocycles. The minimum atomic E-state index is -0.784. The number of nitrogens with zero attached hydrogens (tertiary/aromatic N) is 3. The summed E-state index contributed by atoms with van der Waals surface area (Å²) in [6.45, 7) is 5.12. The SMILES string of the molecule is CN1CCN(Cc2cccc3[nH]c(-c4cccn(C(N)=O)c4=O)cc23)CC1. The van der Waals surface area contributed by atoms with E-state index in [0.717, 1.165) is 48.2 Å². The lowest BCUT2D eigenvalue weighted by Crippen LogP contribution is -2.43. The number of pyridine rings is 1. The van der Waals surface area contributed by atoms with Crippen LogP contribution in [0, 0.1) is 0 Å². The van der Waals surface area contributed by atoms with Gasteiger partial charge in [-0.3, -0.25) is 9.69 Å². The van der Waals surface area contributed by atoms with Gasteiger partial charge in [-0.2, -0.15) is 0 Å². The quantitative estimate of drug-likeness (QED) is 0.739. The number of carbonyl (C=O) groups excluding carboxylic acids is 1. The van der Waals surface area contributed by atoms with E-state index < -0.39 is 11.6 Å². The summed E-state index contributed by atoms with van der Waals surface area (Å²) in [4.78, 5) is 32.1. The van der Waals surface area contributed by atoms with Gasteiger partial charge >= 0.3 is 6.03 Å². The van der Waals surface area contributed by atoms with Gasteiger partial charge in [0, 0.05) is 49.8 Å². The van der Waals surface area contributed by atoms with Crippen molar-refractivity contribution >= 4 is 16.9 Å². The Bertz CT molecular complexity index is 1040. The van der Waals surface area contributed by atoms with Crippen molar-refractivity contribution in [2.24, 2.45) is 5.73 Å². The number of nitrogens with two attached hydrogens (primary N) is 1. The number of rotatable bonds is 3. The zero-order valence-electron chi connectivity index (χ0n) is 15.3. The van der Waals surface area contributed by atoms with E-state index in [-0.39, 0.29) is 0 Å². The van der Waals surface area contributed by atoms with Crippen LogP contribution in [-0.4, -0.2) is 58.6 Å². The molecule has 1 aliphatic heterocycles. The fourth-order valence-corrected chi connectivity index (χ4v) is 3.62. The smallest absolute Gasteiger partial charge is 0.325 e. The summed E-state index contributed by atoms with van der Waals surface area (Å²) in [5, 5.41) is 1.10. The number of likely N-dealkylation sites (N-methyl/N-ethyl adjacent to an activating group) is 1. The van der Waals surface area contributed by atoms with Crippen LogP contribution in [0.3, 0.4) is 0 Å². The molecule has 7 nitrogen and oxygen atoms in total. The molecule has 140 valence electrons. The van der Waals surface area contributed by atoms with Gasteiger partial charge in [0.2, 0.25) is 0 Å². The second kappa shape index (κ2) is 7.02. The van der Waals surface area contributed by atoms with E-state index in [1.54, 1.807) is 12.1 Å². The molecule has 0 radical (unpaired) electrons. The Labute approximate surface area is 157 Å². The van der Waals surface area contributed by atoms with Crippen LogP contribution in [0.25, 0.3) is 22.2 Å². The second-order valence-electron chi connectivity index (χ2n) is 7.08. The monoisotopic (exact) mass is 365 g/mol. The van der Waals surface area contributed by atoms with Crippen LogP contribution in [0.2, 0.25) is 0 Å². The first kappa shape index (κ1) is 17.5. The zero-order chi connectivity index (χ0) is 19.0. The molecular formula is C20H23N5O2. The fourth-order valence-electron chi connectivity index (χ4n) is 3.62. The van der Waals surface area contributed by atoms with Gasteiger partial charge in [-0.25, -0.2) is 9.36 Å². The molecule has 1 saturated heterocycles. The summed E-state index contributed by atoms with van der Waals surface area (Å²) in [7, 11) is 2.15. The first-order valence-electron chi connectivity index (χ1n) is 9.06. The highest BCUT2D eigenvalue weighted by Gasteiger charge is 2.17. The summed E-state index contributed by atoms with van der Waals surface area (Å²) in [5.74, 6) is 0. The Morgan fingerprint density at radius 2 is 1.93 bits per heavy atom. The number of primary amides is 1. The van der Waals surface area contributed by atoms with E-state index in [1.165, 1.54) is 11.8 Å². The van der Waals surface area contributed by atoms with Crippen molar-refractivity contribution in [2.75, 3.05) is 33.2 Å². The van der Waals surface area contributed by atoms with Crippen molar-refractivity contribution in [1.82, 2.24) is 19.4 Å². The summed E-state index contributed by atoms with van der Waals surface area (Å²) < 4.78 is 0.923. The molecule has 0 aliphatic carbocycles. The zero-order valence-corrected chi connectivity index (χ0v) is 15.3. The molecular weight excluding hydrogens is 342 g/mol. The Kier molecular flexibility index (Phi) is 4.55. The number of aromatic nitrogens is 2. The fraction of sp³-hybridized carbons (Fsp3) is 0.300. The van der Waals surface area contributed by atoms with Gasteiger partial charge in [0.05, 0.1) is 11.3 Å². The average Bonchev–Trinajstić information content (AvgIpc) is 3.08. The molecule has 1 fully saturated rings. The Balaban J connectivity index is 1.70. The van der Waals surface area contributed by atoms with Crippen molar-refractivity contribution in [3.05, 3.63) is 58.5 Å². The number of hydrogen-bond acceptors (Lipinski definition) is 4. The Morgan fingerprint density at radius 1 is 1.15 bits per heavy atom. The highest BCUT2D eigenvalue weighted by Crippen LogP contribution is 2.26. The van der Waals surface area contributed by atoms with Crippen LogP contribution in [0.15, 0.2) is 47.4 Å². The van der Waals surface area contributed by atoms with Gasteiger partial charge in [0.15, 0.2) is 0 Å². The lowest BCUT2D eigenvalue weighted by molar-refractivity contribution is 0.148. The number of H-pyrrole nitrogens is 1. The maximum atomic E-state index is 12.5. The lowest BCUT2D eigenvalue weighted by Gasteiger charge is -2.32. The number of piperazine rings is 1. The summed E-state index contributed by atoms with van der Waals surface area (Å²) >= 11 is 0. The predicted molar refractivity (Wildman–Crippen MR) is 106 cm³/mol. The standard InChI is InChI=1S/C20H23N5O2/c1-23-8-10-24(11-9-23)13-14-4-2-6-17-16(14)12-18(22-17)15-5-3-7-25(19(15)26)20(21)27/h2-7,12,22H,8-11,13H2,1H3,(H2,21,27). The van der Waals surface area contributed by atoms with Crippen molar-refractivity contribution in [2.45, 2.75) is 6.54 Å². The van der Waals surface area contributed by atoms with Gasteiger partial charge in [-0.1, -0.05) is 12.1 Å². The van der Waals surface area contributed by atoms with Crippen LogP contribution in [-0.2, 0) is 6.54 Å². The van der Waals surface area contributed by atoms with Crippen LogP contribution < -0.4 is 11.3 Å². The molecule has 1 aliphatic rings. The Morgan fingerprint density at radius 3 is 2.67 bits per heavy atom. The normalized spacial score (nSPS) is 16.0. The van der Waals surface area contributed by atoms with Crippen LogP contribution in [0.4, 0.5) is 4.79 Å². The topological polar surface area (TPSA) is 87.4 Å². The second-order valence-corrected chi connectivity index (χ2v) is 7.08. The summed E-state index contributed by atoms with van der Waals surface area (Å²) in [6.07, 6.45) is 1.38. The first-order chi connectivity index (χ1) is 13.0. The maximum absolute atomic E-state index is 12.5. The van der Waals surface area contributed by atoms with Crippen molar-refractivity contribution < 1.29 is 4.79 Å². The minimum absolute atomic E-state index is 0.419. The van der Waals surface area contributed by atoms with Crippen molar-refractivity contribution in [1.29, 1.82) is 0 Å². The van der Waals surface area contributed by atoms with Gasteiger partial charge in [-0.15, -0.1) is 0 Å². The first-order valence-corrected chi connectivity index (χ1v) is 9.06. The molecule has 3 heterocycles. The maximum Gasteiger partial charge on any atom is 0.325 e. The molecule has 0 atom stereocenters. The van der Waals surface area contributed by atoms with Gasteiger partial charge in [0.25, 0.3) is 5.56 Å². The van der Waals surface area contributed by atoms with Crippen LogP contribution in [0.5, 0.6) is 0 Å². The average molecular weight is 365 g/mol. The molecule has 3 aromatic rings. The van der Waals surface area contributed by atoms with Crippen LogP contribution >= 0.6 is 0 Å². The molecule has 1 amide bonds. The molecule has 2 aromatic heterocycles. The van der Waals surface area contributed by atoms with Gasteiger partial charge < -0.3 is 15.6 Å². The van der Waals surface area contributed by atoms with E-state index in [9.17, 15) is 9.59 Å². The van der Waals surface area contributed by atoms with Crippen molar-refractivity contribution in [3.8, 4) is 11.3 Å². The van der Waals surface area contributed by atoms with Crippen molar-refractivity contribution in [3.63, 3.8) is 0 Å². The number of carbonyl (C=O) groups is 1. The lowest BCUT2D eigenvalue weighted by atomic mass is 10.1. The van der Waals surface area contributed by atoms with E-state index in [0.29, 0.717) is 11.3 Å². The number of nitrogens with one attached hydrogen (secondary N) is 1. The molecule has 27 heavy (non-hydrogen) atoms. The molecule has 7 heteroatoms. The molecule has 4 rings (SSSR count). The predicted octanol–water partition coefficient (Wildman–Crippen LogP) is 1.67. The highest BCUT2D eigenvalue weighted by molar-refractivity contribution is 5.88. The number of benzene rings is 1. The molecule has 0 unspecified atom stereocenters. The van der Waals surface area contributed by atoms with Crippen LogP contribution in [0.1, 0.15) is 5.56 Å². The van der Waals surface area contributed by atoms with E-state index >= 15 is 0 Å². The molecule has 0 bridgehead atoms. The largest absolute Gasteiger partial charge is 0.354 e. The third kappa shape index (κ3) is 3.39. The highest BCUT2D eigenvalue weighted by atomic mass is 16.2. The number of amides is 1. The third-order valence-electron chi connectivity index (χ3n) is 5.22. The summed E-state index contributed by atoms with van der Waals surface area (Å²) in [5.41, 5.74) is 8.18. The third-order valence-corrected chi connectivity index (χ3v) is 5.22. The minimum Gasteiger partial charge on any atom is -0.354 e. The van der Waals surface area contributed by atoms with E-state index in [1.807, 2.05) is 18.2 Å². The molecule has 0 spiro atoms. The van der Waals surface area contributed by atoms with E-state index in [2.05, 4.69) is 27.9 Å². The van der Waals surface area contributed by atoms with E-state index in [4.69, 9.17) is 5.73 Å².